The van der Waals surface area contributed by atoms with Crippen LogP contribution in [0.4, 0.5) is 0 Å². The topological polar surface area (TPSA) is 83.6 Å². The summed E-state index contributed by atoms with van der Waals surface area (Å²) in [6.45, 7) is 7.81. The number of phenols is 1. The number of rotatable bonds is 2. The predicted octanol–water partition coefficient (Wildman–Crippen LogP) is 3.35. The molecule has 0 atom stereocenters. The first kappa shape index (κ1) is 14.1. The van der Waals surface area contributed by atoms with Gasteiger partial charge in [-0.2, -0.15) is 0 Å². The highest BCUT2D eigenvalue weighted by Crippen LogP contribution is 2.40. The molecule has 1 aromatic carbocycles. The van der Waals surface area contributed by atoms with E-state index in [9.17, 15) is 9.90 Å². The van der Waals surface area contributed by atoms with Crippen LogP contribution in [0.3, 0.4) is 0 Å². The summed E-state index contributed by atoms with van der Waals surface area (Å²) >= 11 is 0. The Bertz CT molecular complexity index is 665. The monoisotopic (exact) mass is 275 g/mol. The first-order chi connectivity index (χ1) is 9.21. The van der Waals surface area contributed by atoms with Gasteiger partial charge in [-0.3, -0.25) is 0 Å². The second kappa shape index (κ2) is 4.67. The van der Waals surface area contributed by atoms with Crippen molar-refractivity contribution >= 4 is 5.97 Å². The maximum atomic E-state index is 10.8. The molecule has 0 fully saturated rings. The van der Waals surface area contributed by atoms with Crippen molar-refractivity contribution in [3.8, 4) is 17.0 Å². The van der Waals surface area contributed by atoms with Gasteiger partial charge >= 0.3 is 5.97 Å². The fourth-order valence-corrected chi connectivity index (χ4v) is 2.11. The average molecular weight is 275 g/mol. The van der Waals surface area contributed by atoms with Crippen LogP contribution in [0.15, 0.2) is 22.7 Å². The van der Waals surface area contributed by atoms with Gasteiger partial charge in [0.2, 0.25) is 5.76 Å². The van der Waals surface area contributed by atoms with Gasteiger partial charge < -0.3 is 14.7 Å². The summed E-state index contributed by atoms with van der Waals surface area (Å²) in [5.74, 6) is -1.32. The lowest BCUT2D eigenvalue weighted by Crippen LogP contribution is -2.11. The Hall–Kier alpha value is -2.30. The van der Waals surface area contributed by atoms with E-state index in [1.54, 1.807) is 0 Å². The van der Waals surface area contributed by atoms with E-state index in [0.717, 1.165) is 11.1 Å². The highest BCUT2D eigenvalue weighted by Gasteiger charge is 2.24. The molecule has 1 heterocycles. The molecule has 2 aromatic rings. The van der Waals surface area contributed by atoms with Crippen molar-refractivity contribution in [3.63, 3.8) is 0 Å². The third kappa shape index (κ3) is 2.39. The number of aromatic nitrogens is 1. The lowest BCUT2D eigenvalue weighted by atomic mass is 9.84. The normalized spacial score (nSPS) is 11.6. The number of aromatic carboxylic acids is 1. The van der Waals surface area contributed by atoms with E-state index in [1.807, 2.05) is 39.8 Å². The Morgan fingerprint density at radius 2 is 1.95 bits per heavy atom. The molecular weight excluding hydrogens is 258 g/mol. The molecule has 0 aliphatic rings. The van der Waals surface area contributed by atoms with E-state index in [1.165, 1.54) is 6.07 Å². The number of hydrogen-bond acceptors (Lipinski definition) is 4. The van der Waals surface area contributed by atoms with Gasteiger partial charge in [-0.1, -0.05) is 38.1 Å². The molecule has 0 unspecified atom stereocenters. The number of carboxylic acid groups (broad SMARTS) is 1. The van der Waals surface area contributed by atoms with E-state index in [2.05, 4.69) is 5.16 Å². The van der Waals surface area contributed by atoms with Crippen LogP contribution in [-0.2, 0) is 5.41 Å². The zero-order valence-corrected chi connectivity index (χ0v) is 11.9. The largest absolute Gasteiger partial charge is 0.507 e. The minimum absolute atomic E-state index is 0.114. The first-order valence-corrected chi connectivity index (χ1v) is 6.25. The number of aromatic hydroxyl groups is 1. The van der Waals surface area contributed by atoms with Crippen molar-refractivity contribution in [2.24, 2.45) is 0 Å². The van der Waals surface area contributed by atoms with Gasteiger partial charge in [0.15, 0.2) is 0 Å². The van der Waals surface area contributed by atoms with Gasteiger partial charge in [0.1, 0.15) is 11.4 Å². The molecule has 0 radical (unpaired) electrons. The van der Waals surface area contributed by atoms with Crippen molar-refractivity contribution in [2.75, 3.05) is 0 Å². The molecule has 0 saturated carbocycles. The van der Waals surface area contributed by atoms with Gasteiger partial charge in [0.05, 0.1) is 0 Å². The van der Waals surface area contributed by atoms with E-state index < -0.39 is 5.97 Å². The van der Waals surface area contributed by atoms with E-state index in [4.69, 9.17) is 9.63 Å². The van der Waals surface area contributed by atoms with Crippen LogP contribution in [0.5, 0.6) is 5.75 Å². The molecule has 5 nitrogen and oxygen atoms in total. The van der Waals surface area contributed by atoms with Crippen molar-refractivity contribution in [3.05, 3.63) is 35.1 Å². The fraction of sp³-hybridized carbons (Fsp3) is 0.333. The molecule has 0 amide bonds. The Morgan fingerprint density at radius 3 is 2.45 bits per heavy atom. The maximum Gasteiger partial charge on any atom is 0.374 e. The summed E-state index contributed by atoms with van der Waals surface area (Å²) in [6.07, 6.45) is 0. The number of nitrogens with zero attached hydrogens (tertiary/aromatic N) is 1. The number of carbonyl (C=O) groups is 1. The summed E-state index contributed by atoms with van der Waals surface area (Å²) in [4.78, 5) is 10.8. The highest BCUT2D eigenvalue weighted by atomic mass is 16.5. The van der Waals surface area contributed by atoms with E-state index >= 15 is 0 Å². The average Bonchev–Trinajstić information content (AvgIpc) is 2.76. The van der Waals surface area contributed by atoms with Gasteiger partial charge in [0.25, 0.3) is 0 Å². The van der Waals surface area contributed by atoms with Crippen LogP contribution in [-0.4, -0.2) is 21.3 Å². The molecule has 0 saturated heterocycles. The summed E-state index contributed by atoms with van der Waals surface area (Å²) in [7, 11) is 0. The number of phenolic OH excluding ortho intramolecular Hbond substituents is 1. The molecule has 0 bridgehead atoms. The third-order valence-corrected chi connectivity index (χ3v) is 3.17. The first-order valence-electron chi connectivity index (χ1n) is 6.25. The minimum atomic E-state index is -1.19. The van der Waals surface area contributed by atoms with Crippen molar-refractivity contribution in [1.29, 1.82) is 0 Å². The van der Waals surface area contributed by atoms with Gasteiger partial charge in [-0.05, 0) is 23.5 Å². The maximum absolute atomic E-state index is 10.8. The Balaban J connectivity index is 2.63. The quantitative estimate of drug-likeness (QED) is 0.878. The minimum Gasteiger partial charge on any atom is -0.507 e. The molecule has 1 aromatic heterocycles. The Kier molecular flexibility index (Phi) is 3.29. The zero-order chi connectivity index (χ0) is 15.1. The van der Waals surface area contributed by atoms with Crippen LogP contribution < -0.4 is 0 Å². The number of benzene rings is 1. The molecular formula is C15H17NO4. The van der Waals surface area contributed by atoms with E-state index in [0.29, 0.717) is 11.3 Å². The highest BCUT2D eigenvalue weighted by molar-refractivity contribution is 5.86. The SMILES string of the molecule is Cc1ccc(C(C)(C)C)c(O)c1-c1cc(C(=O)O)on1. The second-order valence-electron chi connectivity index (χ2n) is 5.79. The zero-order valence-electron chi connectivity index (χ0n) is 11.9. The standard InChI is InChI=1S/C15H17NO4/c1-8-5-6-9(15(2,3)4)13(17)12(8)10-7-11(14(18)19)20-16-10/h5-7,17H,1-4H3,(H,18,19). The van der Waals surface area contributed by atoms with Crippen molar-refractivity contribution in [2.45, 2.75) is 33.1 Å². The number of carboxylic acids is 1. The molecule has 2 N–H and O–H groups in total. The van der Waals surface area contributed by atoms with Crippen molar-refractivity contribution < 1.29 is 19.5 Å². The number of hydrogen-bond donors (Lipinski definition) is 2. The Morgan fingerprint density at radius 1 is 1.30 bits per heavy atom. The van der Waals surface area contributed by atoms with Gasteiger partial charge in [-0.25, -0.2) is 4.79 Å². The molecule has 106 valence electrons. The van der Waals surface area contributed by atoms with E-state index in [-0.39, 0.29) is 16.9 Å². The van der Waals surface area contributed by atoms with Crippen molar-refractivity contribution in [1.82, 2.24) is 5.16 Å². The van der Waals surface area contributed by atoms with Crippen LogP contribution >= 0.6 is 0 Å². The summed E-state index contributed by atoms with van der Waals surface area (Å²) in [5.41, 5.74) is 2.18. The summed E-state index contributed by atoms with van der Waals surface area (Å²) in [6, 6.07) is 5.06. The summed E-state index contributed by atoms with van der Waals surface area (Å²) < 4.78 is 4.76. The predicted molar refractivity (Wildman–Crippen MR) is 74.0 cm³/mol. The lowest BCUT2D eigenvalue weighted by molar-refractivity contribution is 0.0652. The molecule has 0 aliphatic carbocycles. The van der Waals surface area contributed by atoms with Gasteiger partial charge in [-0.15, -0.1) is 0 Å². The lowest BCUT2D eigenvalue weighted by Gasteiger charge is -2.22. The second-order valence-corrected chi connectivity index (χ2v) is 5.79. The molecule has 0 aliphatic heterocycles. The molecule has 2 rings (SSSR count). The third-order valence-electron chi connectivity index (χ3n) is 3.17. The molecule has 5 heteroatoms. The van der Waals surface area contributed by atoms with Crippen LogP contribution in [0.1, 0.15) is 42.5 Å². The van der Waals surface area contributed by atoms with Crippen LogP contribution in [0.25, 0.3) is 11.3 Å². The fourth-order valence-electron chi connectivity index (χ4n) is 2.11. The van der Waals surface area contributed by atoms with Crippen LogP contribution in [0.2, 0.25) is 0 Å². The van der Waals surface area contributed by atoms with Gasteiger partial charge in [0, 0.05) is 11.6 Å². The smallest absolute Gasteiger partial charge is 0.374 e. The van der Waals surface area contributed by atoms with Crippen LogP contribution in [0, 0.1) is 6.92 Å². The Labute approximate surface area is 116 Å². The molecule has 20 heavy (non-hydrogen) atoms. The number of aryl methyl sites for hydroxylation is 1. The summed E-state index contributed by atoms with van der Waals surface area (Å²) in [5, 5.41) is 23.1. The molecule has 0 spiro atoms.